The molecule has 0 bridgehead atoms. The number of nitrogens with zero attached hydrogens (tertiary/aromatic N) is 3. The van der Waals surface area contributed by atoms with Crippen LogP contribution in [0.5, 0.6) is 0 Å². The molecule has 1 saturated heterocycles. The van der Waals surface area contributed by atoms with Gasteiger partial charge in [0.1, 0.15) is 11.6 Å². The molecule has 2 aromatic heterocycles. The van der Waals surface area contributed by atoms with Gasteiger partial charge in [-0.3, -0.25) is 9.36 Å². The van der Waals surface area contributed by atoms with Crippen LogP contribution >= 0.6 is 59.9 Å². The minimum absolute atomic E-state index is 0.0386. The maximum absolute atomic E-state index is 14.9. The van der Waals surface area contributed by atoms with Gasteiger partial charge >= 0.3 is 64.9 Å². The van der Waals surface area contributed by atoms with Crippen LogP contribution in [0.4, 0.5) is 19.0 Å². The number of piperidine rings is 1. The number of benzene rings is 1. The van der Waals surface area contributed by atoms with Crippen LogP contribution in [0.15, 0.2) is 35.3 Å². The first-order valence-corrected chi connectivity index (χ1v) is 23.5. The second-order valence-electron chi connectivity index (χ2n) is 8.61. The first-order chi connectivity index (χ1) is 15.6. The Bertz CT molecular complexity index is 1350. The first-order valence-electron chi connectivity index (χ1n) is 10.0. The number of hydrogen-bond donors (Lipinski definition) is 1. The summed E-state index contributed by atoms with van der Waals surface area (Å²) in [6, 6.07) is 4.51. The molecule has 2 saturated carbocycles. The van der Waals surface area contributed by atoms with Crippen LogP contribution in [-0.4, -0.2) is 28.7 Å². The number of nitrogens with two attached hydrogens (primary N) is 1. The van der Waals surface area contributed by atoms with E-state index in [1.165, 1.54) is 16.8 Å². The fourth-order valence-electron chi connectivity index (χ4n) is 5.31. The average molecular weight is 830 g/mol. The molecule has 6 rings (SSSR count). The van der Waals surface area contributed by atoms with Gasteiger partial charge in [0.25, 0.3) is 0 Å². The Morgan fingerprint density at radius 3 is 2.48 bits per heavy atom. The molecular formula is C21H17F3I3N4OV. The molecule has 0 amide bonds. The van der Waals surface area contributed by atoms with E-state index in [-0.39, 0.29) is 44.3 Å². The van der Waals surface area contributed by atoms with Gasteiger partial charge in [-0.15, -0.1) is 0 Å². The molecular weight excluding hydrogens is 813 g/mol. The molecule has 12 heteroatoms. The number of rotatable bonds is 2. The van der Waals surface area contributed by atoms with Crippen molar-refractivity contribution in [3.05, 3.63) is 63.7 Å². The molecule has 4 unspecified atom stereocenters. The predicted octanol–water partition coefficient (Wildman–Crippen LogP) is 5.16. The van der Waals surface area contributed by atoms with Crippen LogP contribution in [0.3, 0.4) is 0 Å². The molecule has 2 N–H and O–H groups in total. The van der Waals surface area contributed by atoms with E-state index in [1.807, 2.05) is 4.90 Å². The monoisotopic (exact) mass is 830 g/mol. The zero-order chi connectivity index (χ0) is 23.8. The average Bonchev–Trinajstić information content (AvgIpc) is 3.51. The summed E-state index contributed by atoms with van der Waals surface area (Å²) in [7, 11) is 0. The van der Waals surface area contributed by atoms with Crippen molar-refractivity contribution in [2.45, 2.75) is 13.0 Å². The number of fused-ring (bicyclic) bond motifs is 2. The SMILES string of the molecule is Cc1cn(-c2ccc(F)cc2F)c2nc(N3CC4C5C(N)C45C3)c(F)cc2c1=O.[I][V]([I])[I]. The van der Waals surface area contributed by atoms with E-state index in [0.29, 0.717) is 30.5 Å². The molecule has 4 atom stereocenters. The van der Waals surface area contributed by atoms with E-state index in [4.69, 9.17) is 5.73 Å². The van der Waals surface area contributed by atoms with Gasteiger partial charge in [0, 0.05) is 42.4 Å². The van der Waals surface area contributed by atoms with Crippen molar-refractivity contribution in [1.82, 2.24) is 9.55 Å². The molecule has 0 radical (unpaired) electrons. The Morgan fingerprint density at radius 2 is 1.88 bits per heavy atom. The van der Waals surface area contributed by atoms with Gasteiger partial charge in [-0.05, 0) is 37.0 Å². The van der Waals surface area contributed by atoms with Crippen molar-refractivity contribution < 1.29 is 18.1 Å². The van der Waals surface area contributed by atoms with E-state index in [1.54, 1.807) is 6.92 Å². The Morgan fingerprint density at radius 1 is 1.18 bits per heavy atom. The minimum atomic E-state index is -0.796. The Labute approximate surface area is 225 Å². The zero-order valence-corrected chi connectivity index (χ0v) is 24.9. The summed E-state index contributed by atoms with van der Waals surface area (Å²) in [5.41, 5.74) is 6.28. The molecule has 2 aliphatic carbocycles. The molecule has 174 valence electrons. The molecule has 3 aliphatic rings. The number of anilines is 1. The predicted molar refractivity (Wildman–Crippen MR) is 144 cm³/mol. The van der Waals surface area contributed by atoms with Crippen molar-refractivity contribution in [1.29, 1.82) is 0 Å². The van der Waals surface area contributed by atoms with Gasteiger partial charge in [0.15, 0.2) is 22.7 Å². The maximum atomic E-state index is 14.9. The van der Waals surface area contributed by atoms with Crippen LogP contribution in [0.25, 0.3) is 16.7 Å². The molecule has 3 aromatic rings. The summed E-state index contributed by atoms with van der Waals surface area (Å²) >= 11 is 7.39. The molecule has 1 spiro atoms. The van der Waals surface area contributed by atoms with Gasteiger partial charge in [-0.25, -0.2) is 18.2 Å². The summed E-state index contributed by atoms with van der Waals surface area (Å²) in [4.78, 5) is 18.6. The number of aromatic nitrogens is 2. The first kappa shape index (κ1) is 24.6. The van der Waals surface area contributed by atoms with E-state index in [2.05, 4.69) is 64.9 Å². The van der Waals surface area contributed by atoms with Crippen molar-refractivity contribution in [3.8, 4) is 5.69 Å². The quantitative estimate of drug-likeness (QED) is 0.363. The Balaban J connectivity index is 0.000000531. The van der Waals surface area contributed by atoms with Crippen molar-refractivity contribution in [2.75, 3.05) is 18.0 Å². The van der Waals surface area contributed by atoms with E-state index in [9.17, 15) is 18.0 Å². The van der Waals surface area contributed by atoms with Gasteiger partial charge in [-0.1, -0.05) is 0 Å². The summed E-state index contributed by atoms with van der Waals surface area (Å²) in [5, 5.41) is 0.0542. The van der Waals surface area contributed by atoms with Gasteiger partial charge in [-0.2, -0.15) is 0 Å². The Kier molecular flexibility index (Phi) is 6.54. The van der Waals surface area contributed by atoms with Crippen LogP contribution in [0, 0.1) is 41.6 Å². The fraction of sp³-hybridized carbons (Fsp3) is 0.333. The third kappa shape index (κ3) is 4.05. The molecule has 1 aliphatic heterocycles. The van der Waals surface area contributed by atoms with Gasteiger partial charge in [0.2, 0.25) is 0 Å². The van der Waals surface area contributed by atoms with Crippen LogP contribution in [0.1, 0.15) is 5.56 Å². The zero-order valence-electron chi connectivity index (χ0n) is 17.1. The standard InChI is InChI=1S/C21H17F3N4O.3HI.V/c1-9-6-28(15-3-2-10(22)4-13(15)23)19-11(17(9)29)5-14(24)20(26-19)27-7-12-16-18(25)21(12,16)8-27;;;;/h2-6,12,16,18H,7-8,25H2,1H3;3*1H;/q;;;;+3/p-3. The van der Waals surface area contributed by atoms with Crippen LogP contribution in [-0.2, 0) is 4.92 Å². The van der Waals surface area contributed by atoms with E-state index < -0.39 is 17.5 Å². The Hall–Kier alpha value is -0.0956. The van der Waals surface area contributed by atoms with Crippen LogP contribution in [0.2, 0.25) is 0 Å². The summed E-state index contributed by atoms with van der Waals surface area (Å²) < 4.78 is 44.1. The second-order valence-corrected chi connectivity index (χ2v) is 44.0. The third-order valence-electron chi connectivity index (χ3n) is 6.98. The molecule has 3 heterocycles. The number of hydrogen-bond acceptors (Lipinski definition) is 4. The van der Waals surface area contributed by atoms with E-state index >= 15 is 0 Å². The summed E-state index contributed by atoms with van der Waals surface area (Å²) in [6.07, 6.45) is 1.45. The molecule has 3 fully saturated rings. The molecule has 1 aromatic carbocycles. The number of aryl methyl sites for hydroxylation is 1. The number of pyridine rings is 2. The van der Waals surface area contributed by atoms with Gasteiger partial charge in [0.05, 0.1) is 11.1 Å². The summed E-state index contributed by atoms with van der Waals surface area (Å²) in [6.45, 7) is 2.88. The van der Waals surface area contributed by atoms with Crippen molar-refractivity contribution >= 4 is 76.8 Å². The normalized spacial score (nSPS) is 26.7. The topological polar surface area (TPSA) is 64.2 Å². The second kappa shape index (κ2) is 8.78. The van der Waals surface area contributed by atoms with Crippen molar-refractivity contribution in [2.24, 2.45) is 23.0 Å². The number of halogens is 6. The van der Waals surface area contributed by atoms with Crippen molar-refractivity contribution in [3.63, 3.8) is 0 Å². The van der Waals surface area contributed by atoms with E-state index in [0.717, 1.165) is 18.2 Å². The summed E-state index contributed by atoms with van der Waals surface area (Å²) in [5.74, 6) is -0.944. The van der Waals surface area contributed by atoms with Crippen LogP contribution < -0.4 is 16.1 Å². The molecule has 5 nitrogen and oxygen atoms in total. The fourth-order valence-corrected chi connectivity index (χ4v) is 5.31. The van der Waals surface area contributed by atoms with Gasteiger partial charge < -0.3 is 10.6 Å². The third-order valence-corrected chi connectivity index (χ3v) is 6.98. The molecule has 33 heavy (non-hydrogen) atoms.